The minimum atomic E-state index is 0.498. The second kappa shape index (κ2) is 7.33. The topological polar surface area (TPSA) is 75.9 Å². The number of nitrogens with zero attached hydrogens (tertiary/aromatic N) is 2. The van der Waals surface area contributed by atoms with Gasteiger partial charge in [-0.3, -0.25) is 0 Å². The number of anilines is 4. The van der Waals surface area contributed by atoms with Crippen LogP contribution in [0.15, 0.2) is 73.1 Å². The SMILES string of the molecule is Cc1ccc(CNc2ncnc(Nc3cccc4ccccc34)c2N)cc1. The fourth-order valence-corrected chi connectivity index (χ4v) is 2.99. The molecule has 1 aromatic heterocycles. The number of nitrogens with two attached hydrogens (primary N) is 1. The van der Waals surface area contributed by atoms with Crippen molar-refractivity contribution in [2.75, 3.05) is 16.4 Å². The molecule has 0 aliphatic rings. The van der Waals surface area contributed by atoms with Crippen LogP contribution in [0.4, 0.5) is 23.0 Å². The van der Waals surface area contributed by atoms with Gasteiger partial charge in [0.2, 0.25) is 0 Å². The normalized spacial score (nSPS) is 10.7. The molecule has 0 amide bonds. The Labute approximate surface area is 158 Å². The number of aryl methyl sites for hydroxylation is 1. The molecule has 0 unspecified atom stereocenters. The van der Waals surface area contributed by atoms with Crippen molar-refractivity contribution in [2.24, 2.45) is 0 Å². The average molecular weight is 355 g/mol. The number of nitrogen functional groups attached to an aromatic ring is 1. The minimum Gasteiger partial charge on any atom is -0.393 e. The van der Waals surface area contributed by atoms with E-state index in [4.69, 9.17) is 5.73 Å². The van der Waals surface area contributed by atoms with Gasteiger partial charge < -0.3 is 16.4 Å². The number of aromatic nitrogens is 2. The van der Waals surface area contributed by atoms with Crippen LogP contribution in [0.3, 0.4) is 0 Å². The molecular formula is C22H21N5. The molecule has 5 nitrogen and oxygen atoms in total. The van der Waals surface area contributed by atoms with Crippen LogP contribution in [0.2, 0.25) is 0 Å². The monoisotopic (exact) mass is 355 g/mol. The van der Waals surface area contributed by atoms with Crippen molar-refractivity contribution in [2.45, 2.75) is 13.5 Å². The van der Waals surface area contributed by atoms with Gasteiger partial charge in [0.15, 0.2) is 11.6 Å². The van der Waals surface area contributed by atoms with Crippen molar-refractivity contribution < 1.29 is 0 Å². The van der Waals surface area contributed by atoms with Crippen LogP contribution in [0.5, 0.6) is 0 Å². The summed E-state index contributed by atoms with van der Waals surface area (Å²) in [5.74, 6) is 1.21. The zero-order valence-corrected chi connectivity index (χ0v) is 15.1. The van der Waals surface area contributed by atoms with E-state index in [9.17, 15) is 0 Å². The summed E-state index contributed by atoms with van der Waals surface area (Å²) in [6.07, 6.45) is 1.52. The highest BCUT2D eigenvalue weighted by atomic mass is 15.1. The summed E-state index contributed by atoms with van der Waals surface area (Å²) in [4.78, 5) is 8.61. The third-order valence-corrected chi connectivity index (χ3v) is 4.51. The number of hydrogen-bond acceptors (Lipinski definition) is 5. The van der Waals surface area contributed by atoms with Crippen LogP contribution >= 0.6 is 0 Å². The summed E-state index contributed by atoms with van der Waals surface area (Å²) in [6, 6.07) is 22.7. The van der Waals surface area contributed by atoms with Crippen LogP contribution in [0, 0.1) is 6.92 Å². The Morgan fingerprint density at radius 3 is 2.44 bits per heavy atom. The first-order chi connectivity index (χ1) is 13.2. The fraction of sp³-hybridized carbons (Fsp3) is 0.0909. The van der Waals surface area contributed by atoms with Gasteiger partial charge in [0.25, 0.3) is 0 Å². The van der Waals surface area contributed by atoms with Crippen LogP contribution in [-0.2, 0) is 6.54 Å². The van der Waals surface area contributed by atoms with E-state index in [2.05, 4.69) is 70.0 Å². The summed E-state index contributed by atoms with van der Waals surface area (Å²) >= 11 is 0. The van der Waals surface area contributed by atoms with E-state index in [1.807, 2.05) is 24.3 Å². The lowest BCUT2D eigenvalue weighted by molar-refractivity contribution is 1.08. The first-order valence-electron chi connectivity index (χ1n) is 8.85. The van der Waals surface area contributed by atoms with Crippen LogP contribution in [0.25, 0.3) is 10.8 Å². The molecular weight excluding hydrogens is 334 g/mol. The van der Waals surface area contributed by atoms with Crippen molar-refractivity contribution in [3.05, 3.63) is 84.2 Å². The second-order valence-corrected chi connectivity index (χ2v) is 6.48. The van der Waals surface area contributed by atoms with Crippen LogP contribution < -0.4 is 16.4 Å². The summed E-state index contributed by atoms with van der Waals surface area (Å²) in [5, 5.41) is 8.92. The number of nitrogens with one attached hydrogen (secondary N) is 2. The van der Waals surface area contributed by atoms with Crippen LogP contribution in [0.1, 0.15) is 11.1 Å². The third-order valence-electron chi connectivity index (χ3n) is 4.51. The van der Waals surface area contributed by atoms with Gasteiger partial charge in [0.05, 0.1) is 0 Å². The van der Waals surface area contributed by atoms with Gasteiger partial charge in [-0.1, -0.05) is 66.2 Å². The first-order valence-corrected chi connectivity index (χ1v) is 8.85. The average Bonchev–Trinajstić information content (AvgIpc) is 2.70. The molecule has 0 aliphatic heterocycles. The highest BCUT2D eigenvalue weighted by Gasteiger charge is 2.09. The largest absolute Gasteiger partial charge is 0.393 e. The molecule has 134 valence electrons. The molecule has 4 N–H and O–H groups in total. The molecule has 5 heteroatoms. The molecule has 3 aromatic carbocycles. The standard InChI is InChI=1S/C22H21N5/c1-15-9-11-16(12-10-15)13-24-21-20(23)22(26-14-25-21)27-19-8-4-6-17-5-2-3-7-18(17)19/h2-12,14H,13,23H2,1H3,(H2,24,25,26,27). The summed E-state index contributed by atoms with van der Waals surface area (Å²) < 4.78 is 0. The summed E-state index contributed by atoms with van der Waals surface area (Å²) in [5.41, 5.74) is 10.2. The third kappa shape index (κ3) is 3.67. The Morgan fingerprint density at radius 1 is 0.852 bits per heavy atom. The van der Waals surface area contributed by atoms with E-state index in [-0.39, 0.29) is 0 Å². The lowest BCUT2D eigenvalue weighted by Gasteiger charge is -2.14. The van der Waals surface area contributed by atoms with Gasteiger partial charge in [-0.2, -0.15) is 0 Å². The Hall–Kier alpha value is -3.60. The Morgan fingerprint density at radius 2 is 1.59 bits per heavy atom. The van der Waals surface area contributed by atoms with E-state index in [0.717, 1.165) is 16.5 Å². The van der Waals surface area contributed by atoms with Crippen molar-refractivity contribution in [1.82, 2.24) is 9.97 Å². The molecule has 0 bridgehead atoms. The summed E-state index contributed by atoms with van der Waals surface area (Å²) in [7, 11) is 0. The van der Waals surface area contributed by atoms with E-state index < -0.39 is 0 Å². The van der Waals surface area contributed by atoms with Crippen molar-refractivity contribution in [3.63, 3.8) is 0 Å². The maximum atomic E-state index is 6.31. The predicted octanol–water partition coefficient (Wildman–Crippen LogP) is 4.88. The number of hydrogen-bond donors (Lipinski definition) is 3. The van der Waals surface area contributed by atoms with E-state index in [1.54, 1.807) is 0 Å². The van der Waals surface area contributed by atoms with Crippen LogP contribution in [-0.4, -0.2) is 9.97 Å². The quantitative estimate of drug-likeness (QED) is 0.476. The highest BCUT2D eigenvalue weighted by Crippen LogP contribution is 2.30. The molecule has 27 heavy (non-hydrogen) atoms. The van der Waals surface area contributed by atoms with E-state index in [0.29, 0.717) is 23.9 Å². The van der Waals surface area contributed by atoms with Gasteiger partial charge in [0.1, 0.15) is 12.0 Å². The van der Waals surface area contributed by atoms with Gasteiger partial charge in [-0.25, -0.2) is 9.97 Å². The molecule has 0 saturated heterocycles. The molecule has 0 fully saturated rings. The molecule has 0 radical (unpaired) electrons. The molecule has 0 saturated carbocycles. The second-order valence-electron chi connectivity index (χ2n) is 6.48. The number of fused-ring (bicyclic) bond motifs is 1. The maximum Gasteiger partial charge on any atom is 0.159 e. The molecule has 0 spiro atoms. The van der Waals surface area contributed by atoms with Crippen molar-refractivity contribution >= 4 is 33.8 Å². The summed E-state index contributed by atoms with van der Waals surface area (Å²) in [6.45, 7) is 2.72. The zero-order valence-electron chi connectivity index (χ0n) is 15.1. The lowest BCUT2D eigenvalue weighted by atomic mass is 10.1. The minimum absolute atomic E-state index is 0.498. The first kappa shape index (κ1) is 16.8. The number of benzene rings is 3. The molecule has 4 rings (SSSR count). The molecule has 0 atom stereocenters. The van der Waals surface area contributed by atoms with Gasteiger partial charge >= 0.3 is 0 Å². The van der Waals surface area contributed by atoms with Gasteiger partial charge in [-0.05, 0) is 23.9 Å². The van der Waals surface area contributed by atoms with Crippen molar-refractivity contribution in [3.8, 4) is 0 Å². The zero-order chi connectivity index (χ0) is 18.6. The van der Waals surface area contributed by atoms with Gasteiger partial charge in [-0.15, -0.1) is 0 Å². The maximum absolute atomic E-state index is 6.31. The predicted molar refractivity (Wildman–Crippen MR) is 112 cm³/mol. The van der Waals surface area contributed by atoms with E-state index >= 15 is 0 Å². The Bertz CT molecular complexity index is 1070. The molecule has 4 aromatic rings. The van der Waals surface area contributed by atoms with Gasteiger partial charge in [0, 0.05) is 17.6 Å². The fourth-order valence-electron chi connectivity index (χ4n) is 2.99. The lowest BCUT2D eigenvalue weighted by Crippen LogP contribution is -2.08. The molecule has 0 aliphatic carbocycles. The Kier molecular flexibility index (Phi) is 4.58. The van der Waals surface area contributed by atoms with E-state index in [1.165, 1.54) is 17.5 Å². The smallest absolute Gasteiger partial charge is 0.159 e. The molecule has 1 heterocycles. The van der Waals surface area contributed by atoms with Crippen molar-refractivity contribution in [1.29, 1.82) is 0 Å². The Balaban J connectivity index is 1.57. The number of rotatable bonds is 5. The highest BCUT2D eigenvalue weighted by molar-refractivity contribution is 5.96.